The van der Waals surface area contributed by atoms with Crippen LogP contribution in [0.25, 0.3) is 0 Å². The molecule has 0 saturated carbocycles. The number of benzene rings is 1. The first-order valence-corrected chi connectivity index (χ1v) is 5.36. The zero-order chi connectivity index (χ0) is 12.4. The van der Waals surface area contributed by atoms with Gasteiger partial charge in [-0.1, -0.05) is 17.7 Å². The molecule has 1 aromatic heterocycles. The van der Waals surface area contributed by atoms with Gasteiger partial charge in [-0.2, -0.15) is 5.10 Å². The van der Waals surface area contributed by atoms with Crippen LogP contribution in [-0.4, -0.2) is 15.7 Å². The van der Waals surface area contributed by atoms with E-state index in [-0.39, 0.29) is 5.97 Å². The van der Waals surface area contributed by atoms with Crippen LogP contribution in [0, 0.1) is 13.8 Å². The highest BCUT2D eigenvalue weighted by Crippen LogP contribution is 2.13. The van der Waals surface area contributed by atoms with Gasteiger partial charge in [0.2, 0.25) is 5.88 Å². The lowest BCUT2D eigenvalue weighted by molar-refractivity contribution is 0.0720. The van der Waals surface area contributed by atoms with Crippen LogP contribution >= 0.6 is 0 Å². The van der Waals surface area contributed by atoms with Crippen LogP contribution in [0.1, 0.15) is 21.6 Å². The van der Waals surface area contributed by atoms with E-state index < -0.39 is 0 Å². The number of aromatic nitrogens is 2. The van der Waals surface area contributed by atoms with E-state index in [1.54, 1.807) is 29.9 Å². The van der Waals surface area contributed by atoms with Crippen molar-refractivity contribution in [2.24, 2.45) is 7.05 Å². The predicted molar refractivity (Wildman–Crippen MR) is 64.1 cm³/mol. The lowest BCUT2D eigenvalue weighted by atomic mass is 10.1. The molecule has 0 atom stereocenters. The lowest BCUT2D eigenvalue weighted by Crippen LogP contribution is -2.10. The van der Waals surface area contributed by atoms with Gasteiger partial charge in [0, 0.05) is 13.1 Å². The number of esters is 1. The molecular formula is C13H14N2O2. The van der Waals surface area contributed by atoms with Crippen LogP contribution in [-0.2, 0) is 7.05 Å². The second kappa shape index (κ2) is 4.41. The maximum atomic E-state index is 11.8. The van der Waals surface area contributed by atoms with E-state index in [9.17, 15) is 4.79 Å². The zero-order valence-electron chi connectivity index (χ0n) is 10.1. The van der Waals surface area contributed by atoms with Gasteiger partial charge >= 0.3 is 5.97 Å². The van der Waals surface area contributed by atoms with Gasteiger partial charge in [-0.05, 0) is 26.0 Å². The van der Waals surface area contributed by atoms with Gasteiger partial charge in [0.25, 0.3) is 0 Å². The third kappa shape index (κ3) is 2.53. The van der Waals surface area contributed by atoms with Gasteiger partial charge in [0.15, 0.2) is 0 Å². The van der Waals surface area contributed by atoms with Gasteiger partial charge < -0.3 is 4.74 Å². The van der Waals surface area contributed by atoms with Crippen molar-refractivity contribution in [2.45, 2.75) is 13.8 Å². The number of carbonyl (C=O) groups excluding carboxylic acids is 1. The summed E-state index contributed by atoms with van der Waals surface area (Å²) >= 11 is 0. The van der Waals surface area contributed by atoms with Crippen molar-refractivity contribution in [3.05, 3.63) is 47.2 Å². The van der Waals surface area contributed by atoms with Gasteiger partial charge in [-0.25, -0.2) is 9.48 Å². The third-order valence-electron chi connectivity index (χ3n) is 2.44. The molecule has 0 spiro atoms. The Balaban J connectivity index is 2.17. The van der Waals surface area contributed by atoms with Gasteiger partial charge in [-0.15, -0.1) is 0 Å². The Kier molecular flexibility index (Phi) is 2.95. The molecule has 4 nitrogen and oxygen atoms in total. The van der Waals surface area contributed by atoms with Crippen molar-refractivity contribution < 1.29 is 9.53 Å². The van der Waals surface area contributed by atoms with Crippen LogP contribution in [0.5, 0.6) is 5.88 Å². The molecule has 17 heavy (non-hydrogen) atoms. The molecular weight excluding hydrogens is 216 g/mol. The number of hydrogen-bond donors (Lipinski definition) is 0. The number of ether oxygens (including phenoxy) is 1. The first-order chi connectivity index (χ1) is 8.06. The molecule has 0 bridgehead atoms. The van der Waals surface area contributed by atoms with Crippen molar-refractivity contribution in [1.29, 1.82) is 0 Å². The summed E-state index contributed by atoms with van der Waals surface area (Å²) in [6, 6.07) is 8.99. The van der Waals surface area contributed by atoms with E-state index in [0.717, 1.165) is 11.3 Å². The van der Waals surface area contributed by atoms with Crippen molar-refractivity contribution in [1.82, 2.24) is 9.78 Å². The standard InChI is InChI=1S/C13H14N2O2/c1-9-4-6-11(7-5-9)13(16)17-12-8-10(2)14-15(12)3/h4-8H,1-3H3. The second-order valence-corrected chi connectivity index (χ2v) is 4.00. The Morgan fingerprint density at radius 3 is 2.41 bits per heavy atom. The van der Waals surface area contributed by atoms with Gasteiger partial charge in [0.05, 0.1) is 11.3 Å². The summed E-state index contributed by atoms with van der Waals surface area (Å²) in [5.41, 5.74) is 2.46. The molecule has 2 rings (SSSR count). The van der Waals surface area contributed by atoms with E-state index >= 15 is 0 Å². The fourth-order valence-electron chi connectivity index (χ4n) is 1.53. The lowest BCUT2D eigenvalue weighted by Gasteiger charge is -2.04. The molecule has 0 aliphatic carbocycles. The van der Waals surface area contributed by atoms with Crippen LogP contribution in [0.4, 0.5) is 0 Å². The van der Waals surface area contributed by atoms with E-state index in [4.69, 9.17) is 4.74 Å². The highest BCUT2D eigenvalue weighted by Gasteiger charge is 2.11. The minimum atomic E-state index is -0.368. The highest BCUT2D eigenvalue weighted by atomic mass is 16.5. The molecule has 1 heterocycles. The largest absolute Gasteiger partial charge is 0.404 e. The summed E-state index contributed by atoms with van der Waals surface area (Å²) < 4.78 is 6.80. The highest BCUT2D eigenvalue weighted by molar-refractivity contribution is 5.90. The van der Waals surface area contributed by atoms with Crippen LogP contribution < -0.4 is 4.74 Å². The number of aryl methyl sites for hydroxylation is 3. The van der Waals surface area contributed by atoms with Crippen LogP contribution in [0.15, 0.2) is 30.3 Å². The van der Waals surface area contributed by atoms with E-state index in [0.29, 0.717) is 11.4 Å². The number of hydrogen-bond acceptors (Lipinski definition) is 3. The monoisotopic (exact) mass is 230 g/mol. The summed E-state index contributed by atoms with van der Waals surface area (Å²) in [5.74, 6) is 0.0843. The van der Waals surface area contributed by atoms with Crippen LogP contribution in [0.3, 0.4) is 0 Å². The number of nitrogens with zero attached hydrogens (tertiary/aromatic N) is 2. The Bertz CT molecular complexity index is 541. The van der Waals surface area contributed by atoms with Crippen LogP contribution in [0.2, 0.25) is 0 Å². The molecule has 0 amide bonds. The molecule has 0 N–H and O–H groups in total. The summed E-state index contributed by atoms with van der Waals surface area (Å²) in [5, 5.41) is 4.11. The average molecular weight is 230 g/mol. The summed E-state index contributed by atoms with van der Waals surface area (Å²) in [6.07, 6.45) is 0. The van der Waals surface area contributed by atoms with Gasteiger partial charge in [-0.3, -0.25) is 0 Å². The van der Waals surface area contributed by atoms with E-state index in [1.165, 1.54) is 0 Å². The zero-order valence-corrected chi connectivity index (χ0v) is 10.1. The normalized spacial score (nSPS) is 10.3. The van der Waals surface area contributed by atoms with Crippen molar-refractivity contribution in [2.75, 3.05) is 0 Å². The van der Waals surface area contributed by atoms with Crippen molar-refractivity contribution in [3.63, 3.8) is 0 Å². The maximum absolute atomic E-state index is 11.8. The average Bonchev–Trinajstić information content (AvgIpc) is 2.58. The van der Waals surface area contributed by atoms with E-state index in [2.05, 4.69) is 5.10 Å². The predicted octanol–water partition coefficient (Wildman–Crippen LogP) is 2.26. The molecule has 0 radical (unpaired) electrons. The Morgan fingerprint density at radius 1 is 1.24 bits per heavy atom. The number of rotatable bonds is 2. The molecule has 0 unspecified atom stereocenters. The molecule has 88 valence electrons. The summed E-state index contributed by atoms with van der Waals surface area (Å²) in [4.78, 5) is 11.8. The second-order valence-electron chi connectivity index (χ2n) is 4.00. The minimum Gasteiger partial charge on any atom is -0.404 e. The van der Waals surface area contributed by atoms with E-state index in [1.807, 2.05) is 26.0 Å². The molecule has 0 aliphatic heterocycles. The molecule has 0 saturated heterocycles. The molecule has 2 aromatic rings. The first kappa shape index (κ1) is 11.4. The fraction of sp³-hybridized carbons (Fsp3) is 0.231. The molecule has 1 aromatic carbocycles. The quantitative estimate of drug-likeness (QED) is 0.743. The fourth-order valence-corrected chi connectivity index (χ4v) is 1.53. The Hall–Kier alpha value is -2.10. The van der Waals surface area contributed by atoms with Crippen molar-refractivity contribution >= 4 is 5.97 Å². The maximum Gasteiger partial charge on any atom is 0.344 e. The summed E-state index contributed by atoms with van der Waals surface area (Å²) in [7, 11) is 1.74. The smallest absolute Gasteiger partial charge is 0.344 e. The Morgan fingerprint density at radius 2 is 1.88 bits per heavy atom. The molecule has 4 heteroatoms. The van der Waals surface area contributed by atoms with Crippen molar-refractivity contribution in [3.8, 4) is 5.88 Å². The number of carbonyl (C=O) groups is 1. The summed E-state index contributed by atoms with van der Waals surface area (Å²) in [6.45, 7) is 3.82. The SMILES string of the molecule is Cc1ccc(C(=O)Oc2cc(C)nn2C)cc1. The Labute approximate surface area is 99.8 Å². The first-order valence-electron chi connectivity index (χ1n) is 5.36. The molecule has 0 fully saturated rings. The molecule has 0 aliphatic rings. The minimum absolute atomic E-state index is 0.368. The third-order valence-corrected chi connectivity index (χ3v) is 2.44. The van der Waals surface area contributed by atoms with Gasteiger partial charge in [0.1, 0.15) is 0 Å². The topological polar surface area (TPSA) is 44.1 Å².